The lowest BCUT2D eigenvalue weighted by Gasteiger charge is -2.18. The summed E-state index contributed by atoms with van der Waals surface area (Å²) in [4.78, 5) is 18.6. The monoisotopic (exact) mass is 466 g/mol. The van der Waals surface area contributed by atoms with E-state index < -0.39 is 0 Å². The lowest BCUT2D eigenvalue weighted by molar-refractivity contribution is -0.115. The highest BCUT2D eigenvalue weighted by atomic mass is 32.2. The molecule has 0 N–H and O–H groups in total. The molecular weight excluding hydrogens is 444 g/mol. The Hall–Kier alpha value is -3.17. The second-order valence-electron chi connectivity index (χ2n) is 6.86. The van der Waals surface area contributed by atoms with Crippen LogP contribution in [0.25, 0.3) is 11.5 Å². The molecule has 0 bridgehead atoms. The molecule has 7 nitrogen and oxygen atoms in total. The minimum absolute atomic E-state index is 0.0823. The SMILES string of the molecule is CCc1ccc(N(C(C)=O)c2nc(CSc3nnc(-c4ccccc4OC)o3)cs2)cc1. The van der Waals surface area contributed by atoms with E-state index in [9.17, 15) is 4.79 Å². The summed E-state index contributed by atoms with van der Waals surface area (Å²) in [6.45, 7) is 3.65. The second kappa shape index (κ2) is 9.97. The zero-order valence-corrected chi connectivity index (χ0v) is 19.6. The van der Waals surface area contributed by atoms with Gasteiger partial charge in [0.15, 0.2) is 5.13 Å². The minimum Gasteiger partial charge on any atom is -0.496 e. The molecule has 1 amide bonds. The molecule has 0 aliphatic rings. The molecule has 2 aromatic heterocycles. The number of ether oxygens (including phenoxy) is 1. The van der Waals surface area contributed by atoms with Crippen molar-refractivity contribution in [3.63, 3.8) is 0 Å². The average molecular weight is 467 g/mol. The first-order valence-electron chi connectivity index (χ1n) is 10.0. The molecule has 164 valence electrons. The van der Waals surface area contributed by atoms with Crippen LogP contribution in [0.5, 0.6) is 5.75 Å². The Balaban J connectivity index is 1.46. The van der Waals surface area contributed by atoms with Gasteiger partial charge in [-0.1, -0.05) is 43.0 Å². The average Bonchev–Trinajstić information content (AvgIpc) is 3.48. The Kier molecular flexibility index (Phi) is 6.87. The van der Waals surface area contributed by atoms with Crippen LogP contribution in [-0.2, 0) is 17.0 Å². The van der Waals surface area contributed by atoms with Gasteiger partial charge < -0.3 is 9.15 Å². The smallest absolute Gasteiger partial charge is 0.277 e. The first-order chi connectivity index (χ1) is 15.6. The molecule has 0 aliphatic carbocycles. The van der Waals surface area contributed by atoms with E-state index in [-0.39, 0.29) is 5.91 Å². The Morgan fingerprint density at radius 1 is 1.16 bits per heavy atom. The van der Waals surface area contributed by atoms with Crippen LogP contribution in [-0.4, -0.2) is 28.2 Å². The van der Waals surface area contributed by atoms with Gasteiger partial charge in [-0.2, -0.15) is 0 Å². The molecule has 0 saturated heterocycles. The van der Waals surface area contributed by atoms with Crippen molar-refractivity contribution in [1.82, 2.24) is 15.2 Å². The number of thioether (sulfide) groups is 1. The normalized spacial score (nSPS) is 10.8. The molecule has 32 heavy (non-hydrogen) atoms. The molecule has 0 fully saturated rings. The summed E-state index contributed by atoms with van der Waals surface area (Å²) in [5, 5.41) is 11.3. The van der Waals surface area contributed by atoms with Gasteiger partial charge in [0.25, 0.3) is 11.1 Å². The van der Waals surface area contributed by atoms with Crippen LogP contribution in [0.4, 0.5) is 10.8 Å². The van der Waals surface area contributed by atoms with Crippen molar-refractivity contribution in [1.29, 1.82) is 0 Å². The molecular formula is C23H22N4O3S2. The number of methoxy groups -OCH3 is 1. The number of rotatable bonds is 8. The number of hydrogen-bond acceptors (Lipinski definition) is 8. The fraction of sp³-hybridized carbons (Fsp3) is 0.217. The summed E-state index contributed by atoms with van der Waals surface area (Å²) in [5.41, 5.74) is 3.61. The number of hydrogen-bond donors (Lipinski definition) is 0. The number of aryl methyl sites for hydroxylation is 1. The van der Waals surface area contributed by atoms with E-state index in [0.29, 0.717) is 27.7 Å². The predicted molar refractivity (Wildman–Crippen MR) is 127 cm³/mol. The summed E-state index contributed by atoms with van der Waals surface area (Å²) < 4.78 is 11.1. The van der Waals surface area contributed by atoms with E-state index in [2.05, 4.69) is 22.1 Å². The number of carbonyl (C=O) groups excluding carboxylic acids is 1. The van der Waals surface area contributed by atoms with Crippen molar-refractivity contribution in [3.05, 3.63) is 65.2 Å². The zero-order chi connectivity index (χ0) is 22.5. The molecule has 4 aromatic rings. The summed E-state index contributed by atoms with van der Waals surface area (Å²) >= 11 is 2.83. The number of benzene rings is 2. The Morgan fingerprint density at radius 3 is 2.66 bits per heavy atom. The molecule has 2 heterocycles. The Labute approximate surface area is 194 Å². The van der Waals surface area contributed by atoms with Gasteiger partial charge >= 0.3 is 0 Å². The molecule has 9 heteroatoms. The van der Waals surface area contributed by atoms with Gasteiger partial charge in [0.05, 0.1) is 24.1 Å². The molecule has 0 unspecified atom stereocenters. The van der Waals surface area contributed by atoms with E-state index in [1.165, 1.54) is 28.7 Å². The number of para-hydroxylation sites is 1. The van der Waals surface area contributed by atoms with Crippen molar-refractivity contribution >= 4 is 39.8 Å². The van der Waals surface area contributed by atoms with Gasteiger partial charge in [0.2, 0.25) is 5.91 Å². The van der Waals surface area contributed by atoms with Gasteiger partial charge in [0, 0.05) is 18.1 Å². The van der Waals surface area contributed by atoms with Crippen molar-refractivity contribution in [3.8, 4) is 17.2 Å². The zero-order valence-electron chi connectivity index (χ0n) is 17.9. The number of aromatic nitrogens is 3. The maximum absolute atomic E-state index is 12.3. The quantitative estimate of drug-likeness (QED) is 0.306. The Morgan fingerprint density at radius 2 is 1.94 bits per heavy atom. The number of anilines is 2. The fourth-order valence-electron chi connectivity index (χ4n) is 3.11. The predicted octanol–water partition coefficient (Wildman–Crippen LogP) is 5.74. The van der Waals surface area contributed by atoms with Crippen LogP contribution in [0.3, 0.4) is 0 Å². The maximum Gasteiger partial charge on any atom is 0.277 e. The van der Waals surface area contributed by atoms with Gasteiger partial charge in [-0.25, -0.2) is 4.98 Å². The van der Waals surface area contributed by atoms with E-state index in [4.69, 9.17) is 9.15 Å². The second-order valence-corrected chi connectivity index (χ2v) is 8.62. The maximum atomic E-state index is 12.3. The minimum atomic E-state index is -0.0823. The van der Waals surface area contributed by atoms with Crippen LogP contribution in [0.1, 0.15) is 25.1 Å². The van der Waals surface area contributed by atoms with E-state index >= 15 is 0 Å². The van der Waals surface area contributed by atoms with Crippen molar-refractivity contribution in [2.45, 2.75) is 31.2 Å². The first-order valence-corrected chi connectivity index (χ1v) is 11.9. The van der Waals surface area contributed by atoms with Crippen LogP contribution in [0.15, 0.2) is 63.6 Å². The van der Waals surface area contributed by atoms with Crippen LogP contribution in [0.2, 0.25) is 0 Å². The molecule has 0 atom stereocenters. The van der Waals surface area contributed by atoms with Crippen LogP contribution < -0.4 is 9.64 Å². The van der Waals surface area contributed by atoms with Gasteiger partial charge in [-0.3, -0.25) is 9.69 Å². The lowest BCUT2D eigenvalue weighted by Crippen LogP contribution is -2.22. The highest BCUT2D eigenvalue weighted by molar-refractivity contribution is 7.98. The molecule has 2 aromatic carbocycles. The first kappa shape index (κ1) is 22.0. The third kappa shape index (κ3) is 4.84. The number of nitrogens with zero attached hydrogens (tertiary/aromatic N) is 4. The summed E-state index contributed by atoms with van der Waals surface area (Å²) in [6.07, 6.45) is 0.952. The highest BCUT2D eigenvalue weighted by Crippen LogP contribution is 2.33. The molecule has 0 aliphatic heterocycles. The lowest BCUT2D eigenvalue weighted by atomic mass is 10.1. The molecule has 4 rings (SSSR count). The Bertz CT molecular complexity index is 1200. The molecule has 0 saturated carbocycles. The van der Waals surface area contributed by atoms with Crippen molar-refractivity contribution < 1.29 is 13.9 Å². The van der Waals surface area contributed by atoms with Crippen LogP contribution >= 0.6 is 23.1 Å². The molecule has 0 spiro atoms. The topological polar surface area (TPSA) is 81.4 Å². The van der Waals surface area contributed by atoms with E-state index in [0.717, 1.165) is 23.4 Å². The molecule has 0 radical (unpaired) electrons. The van der Waals surface area contributed by atoms with Gasteiger partial charge in [-0.05, 0) is 36.2 Å². The summed E-state index contributed by atoms with van der Waals surface area (Å²) in [6, 6.07) is 15.5. The van der Waals surface area contributed by atoms with Crippen molar-refractivity contribution in [2.24, 2.45) is 0 Å². The van der Waals surface area contributed by atoms with E-state index in [1.54, 1.807) is 18.9 Å². The van der Waals surface area contributed by atoms with Crippen LogP contribution in [0, 0.1) is 0 Å². The number of amides is 1. The van der Waals surface area contributed by atoms with E-state index in [1.807, 2.05) is 53.9 Å². The number of carbonyl (C=O) groups is 1. The van der Waals surface area contributed by atoms with Gasteiger partial charge in [0.1, 0.15) is 5.75 Å². The fourth-order valence-corrected chi connectivity index (χ4v) is 4.75. The standard InChI is InChI=1S/C23H22N4O3S2/c1-4-16-9-11-18(12-10-16)27(15(2)28)22-24-17(13-31-22)14-32-23-26-25-21(30-23)19-7-5-6-8-20(19)29-3/h5-13H,4,14H2,1-3H3. The third-order valence-corrected chi connectivity index (χ3v) is 6.46. The van der Waals surface area contributed by atoms with Gasteiger partial charge in [-0.15, -0.1) is 21.5 Å². The number of thiazole rings is 1. The van der Waals surface area contributed by atoms with Crippen molar-refractivity contribution in [2.75, 3.05) is 12.0 Å². The summed E-state index contributed by atoms with van der Waals surface area (Å²) in [7, 11) is 1.60. The summed E-state index contributed by atoms with van der Waals surface area (Å²) in [5.74, 6) is 1.54. The third-order valence-electron chi connectivity index (χ3n) is 4.74. The highest BCUT2D eigenvalue weighted by Gasteiger charge is 2.19. The largest absolute Gasteiger partial charge is 0.496 e.